The molecule has 0 bridgehead atoms. The molecule has 2 unspecified atom stereocenters. The van der Waals surface area contributed by atoms with Crippen LogP contribution < -0.4 is 0 Å². The maximum atomic E-state index is 11.3. The molecule has 0 aliphatic heterocycles. The Kier molecular flexibility index (Phi) is 2.35. The first-order valence-electron chi connectivity index (χ1n) is 3.87. The molecule has 4 heteroatoms. The summed E-state index contributed by atoms with van der Waals surface area (Å²) < 4.78 is 4.52. The predicted octanol–water partition coefficient (Wildman–Crippen LogP) is -0.116. The minimum Gasteiger partial charge on any atom is -0.469 e. The van der Waals surface area contributed by atoms with Gasteiger partial charge in [-0.3, -0.25) is 9.59 Å². The highest BCUT2D eigenvalue weighted by Gasteiger charge is 2.49. The summed E-state index contributed by atoms with van der Waals surface area (Å²) in [5.74, 6) is -0.571. The average Bonchev–Trinajstić information content (AvgIpc) is 2.80. The fourth-order valence-electron chi connectivity index (χ4n) is 1.21. The molecule has 1 fully saturated rings. The van der Waals surface area contributed by atoms with Crippen molar-refractivity contribution in [1.82, 2.24) is 4.90 Å². The molecule has 12 heavy (non-hydrogen) atoms. The molecule has 1 saturated carbocycles. The van der Waals surface area contributed by atoms with E-state index in [0.717, 1.165) is 0 Å². The van der Waals surface area contributed by atoms with Crippen molar-refractivity contribution in [2.24, 2.45) is 11.8 Å². The second-order valence-corrected chi connectivity index (χ2v) is 3.20. The lowest BCUT2D eigenvalue weighted by Gasteiger charge is -2.08. The molecule has 68 valence electrons. The van der Waals surface area contributed by atoms with Crippen molar-refractivity contribution in [2.75, 3.05) is 21.2 Å². The number of hydrogen-bond donors (Lipinski definition) is 0. The number of carbonyl (C=O) groups excluding carboxylic acids is 2. The summed E-state index contributed by atoms with van der Waals surface area (Å²) in [6, 6.07) is 0. The minimum atomic E-state index is -0.268. The van der Waals surface area contributed by atoms with E-state index in [9.17, 15) is 9.59 Å². The van der Waals surface area contributed by atoms with Crippen molar-refractivity contribution in [1.29, 1.82) is 0 Å². The van der Waals surface area contributed by atoms with Gasteiger partial charge in [-0.15, -0.1) is 0 Å². The summed E-state index contributed by atoms with van der Waals surface area (Å²) in [5.41, 5.74) is 0. The lowest BCUT2D eigenvalue weighted by atomic mass is 10.3. The molecule has 2 atom stereocenters. The number of carbonyl (C=O) groups is 2. The molecule has 0 saturated heterocycles. The van der Waals surface area contributed by atoms with Gasteiger partial charge < -0.3 is 9.64 Å². The summed E-state index contributed by atoms with van der Waals surface area (Å²) in [6.45, 7) is 0. The van der Waals surface area contributed by atoms with Crippen LogP contribution in [0.15, 0.2) is 0 Å². The highest BCUT2D eigenvalue weighted by atomic mass is 16.5. The Balaban J connectivity index is 2.42. The van der Waals surface area contributed by atoms with Gasteiger partial charge in [0.25, 0.3) is 0 Å². The molecule has 0 spiro atoms. The highest BCUT2D eigenvalue weighted by molar-refractivity contribution is 5.89. The Morgan fingerprint density at radius 2 is 1.92 bits per heavy atom. The average molecular weight is 171 g/mol. The van der Waals surface area contributed by atoms with Crippen molar-refractivity contribution in [3.63, 3.8) is 0 Å². The normalized spacial score (nSPS) is 26.2. The first kappa shape index (κ1) is 9.03. The van der Waals surface area contributed by atoms with Crippen LogP contribution in [0.3, 0.4) is 0 Å². The lowest BCUT2D eigenvalue weighted by Crippen LogP contribution is -2.25. The number of nitrogens with zero attached hydrogens (tertiary/aromatic N) is 1. The molecular weight excluding hydrogens is 158 g/mol. The SMILES string of the molecule is COC(=O)C1CC1C(=O)N(C)C. The van der Waals surface area contributed by atoms with Crippen LogP contribution in [0.2, 0.25) is 0 Å². The van der Waals surface area contributed by atoms with E-state index in [1.54, 1.807) is 14.1 Å². The fourth-order valence-corrected chi connectivity index (χ4v) is 1.21. The molecule has 0 aromatic carbocycles. The summed E-state index contributed by atoms with van der Waals surface area (Å²) in [5, 5.41) is 0. The molecule has 0 N–H and O–H groups in total. The van der Waals surface area contributed by atoms with Crippen molar-refractivity contribution in [3.05, 3.63) is 0 Å². The van der Waals surface area contributed by atoms with Crippen LogP contribution in [0.25, 0.3) is 0 Å². The van der Waals surface area contributed by atoms with Gasteiger partial charge in [0.1, 0.15) is 0 Å². The third-order valence-electron chi connectivity index (χ3n) is 2.05. The number of esters is 1. The molecule has 1 aliphatic rings. The zero-order valence-electron chi connectivity index (χ0n) is 7.53. The van der Waals surface area contributed by atoms with E-state index < -0.39 is 0 Å². The van der Waals surface area contributed by atoms with Crippen molar-refractivity contribution < 1.29 is 14.3 Å². The molecule has 1 amide bonds. The maximum absolute atomic E-state index is 11.3. The van der Waals surface area contributed by atoms with Crippen LogP contribution >= 0.6 is 0 Å². The van der Waals surface area contributed by atoms with E-state index in [1.807, 2.05) is 0 Å². The van der Waals surface area contributed by atoms with E-state index in [2.05, 4.69) is 4.74 Å². The van der Waals surface area contributed by atoms with Crippen LogP contribution in [0.5, 0.6) is 0 Å². The minimum absolute atomic E-state index is 0.0189. The molecular formula is C8H13NO3. The largest absolute Gasteiger partial charge is 0.469 e. The van der Waals surface area contributed by atoms with Crippen LogP contribution in [0, 0.1) is 11.8 Å². The summed E-state index contributed by atoms with van der Waals surface area (Å²) in [7, 11) is 4.72. The monoisotopic (exact) mass is 171 g/mol. The Labute approximate surface area is 71.5 Å². The van der Waals surface area contributed by atoms with Crippen LogP contribution in [-0.2, 0) is 14.3 Å². The molecule has 0 aromatic heterocycles. The summed E-state index contributed by atoms with van der Waals surface area (Å²) >= 11 is 0. The van der Waals surface area contributed by atoms with E-state index in [-0.39, 0.29) is 23.7 Å². The first-order chi connectivity index (χ1) is 5.57. The summed E-state index contributed by atoms with van der Waals surface area (Å²) in [4.78, 5) is 23.7. The van der Waals surface area contributed by atoms with Crippen LogP contribution in [-0.4, -0.2) is 38.0 Å². The number of methoxy groups -OCH3 is 1. The number of ether oxygens (including phenoxy) is 1. The zero-order valence-corrected chi connectivity index (χ0v) is 7.53. The molecule has 0 aromatic rings. The number of amides is 1. The van der Waals surface area contributed by atoms with Gasteiger partial charge in [0, 0.05) is 14.1 Å². The lowest BCUT2D eigenvalue weighted by molar-refractivity contribution is -0.144. The van der Waals surface area contributed by atoms with Crippen LogP contribution in [0.4, 0.5) is 0 Å². The Morgan fingerprint density at radius 1 is 1.33 bits per heavy atom. The topological polar surface area (TPSA) is 46.6 Å². The van der Waals surface area contributed by atoms with E-state index in [1.165, 1.54) is 12.0 Å². The highest BCUT2D eigenvalue weighted by Crippen LogP contribution is 2.40. The van der Waals surface area contributed by atoms with Gasteiger partial charge in [-0.05, 0) is 6.42 Å². The maximum Gasteiger partial charge on any atom is 0.309 e. The van der Waals surface area contributed by atoms with E-state index >= 15 is 0 Å². The quantitative estimate of drug-likeness (QED) is 0.544. The molecule has 1 rings (SSSR count). The predicted molar refractivity (Wildman–Crippen MR) is 42.3 cm³/mol. The second-order valence-electron chi connectivity index (χ2n) is 3.20. The van der Waals surface area contributed by atoms with Gasteiger partial charge in [-0.25, -0.2) is 0 Å². The van der Waals surface area contributed by atoms with Crippen molar-refractivity contribution in [2.45, 2.75) is 6.42 Å². The molecule has 0 radical (unpaired) electrons. The van der Waals surface area contributed by atoms with Gasteiger partial charge in [0.05, 0.1) is 18.9 Å². The summed E-state index contributed by atoms with van der Waals surface area (Å²) in [6.07, 6.45) is 0.643. The van der Waals surface area contributed by atoms with E-state index in [0.29, 0.717) is 6.42 Å². The standard InChI is InChI=1S/C8H13NO3/c1-9(2)7(10)5-4-6(5)8(11)12-3/h5-6H,4H2,1-3H3. The van der Waals surface area contributed by atoms with Crippen molar-refractivity contribution in [3.8, 4) is 0 Å². The molecule has 4 nitrogen and oxygen atoms in total. The molecule has 0 heterocycles. The first-order valence-corrected chi connectivity index (χ1v) is 3.87. The van der Waals surface area contributed by atoms with Gasteiger partial charge >= 0.3 is 5.97 Å². The Bertz CT molecular complexity index is 212. The van der Waals surface area contributed by atoms with E-state index in [4.69, 9.17) is 0 Å². The van der Waals surface area contributed by atoms with Crippen LogP contribution in [0.1, 0.15) is 6.42 Å². The zero-order chi connectivity index (χ0) is 9.30. The van der Waals surface area contributed by atoms with Gasteiger partial charge in [0.15, 0.2) is 0 Å². The number of hydrogen-bond acceptors (Lipinski definition) is 3. The third kappa shape index (κ3) is 1.57. The Hall–Kier alpha value is -1.06. The molecule has 1 aliphatic carbocycles. The number of rotatable bonds is 2. The fraction of sp³-hybridized carbons (Fsp3) is 0.750. The second kappa shape index (κ2) is 3.13. The smallest absolute Gasteiger partial charge is 0.309 e. The van der Waals surface area contributed by atoms with Gasteiger partial charge in [0.2, 0.25) is 5.91 Å². The van der Waals surface area contributed by atoms with Gasteiger partial charge in [-0.1, -0.05) is 0 Å². The third-order valence-corrected chi connectivity index (χ3v) is 2.05. The van der Waals surface area contributed by atoms with Gasteiger partial charge in [-0.2, -0.15) is 0 Å². The Morgan fingerprint density at radius 3 is 2.33 bits per heavy atom. The van der Waals surface area contributed by atoms with Crippen molar-refractivity contribution >= 4 is 11.9 Å².